The molecule has 0 heterocycles. The normalized spacial score (nSPS) is 12.9. The van der Waals surface area contributed by atoms with Gasteiger partial charge in [0.2, 0.25) is 0 Å². The van der Waals surface area contributed by atoms with E-state index in [4.69, 9.17) is 16.3 Å². The number of hydrogen-bond acceptors (Lipinski definition) is 2. The molecule has 112 valence electrons. The van der Waals surface area contributed by atoms with Crippen molar-refractivity contribution in [3.63, 3.8) is 0 Å². The van der Waals surface area contributed by atoms with Crippen LogP contribution in [0.3, 0.4) is 0 Å². The van der Waals surface area contributed by atoms with Crippen LogP contribution < -0.4 is 15.4 Å². The summed E-state index contributed by atoms with van der Waals surface area (Å²) in [6.45, 7) is 7.48. The lowest BCUT2D eigenvalue weighted by Gasteiger charge is -2.17. The van der Waals surface area contributed by atoms with E-state index in [1.807, 2.05) is 25.1 Å². The third-order valence-corrected chi connectivity index (χ3v) is 3.23. The molecule has 0 spiro atoms. The fraction of sp³-hybridized carbons (Fsp3) is 0.533. The molecule has 5 heteroatoms. The zero-order valence-corrected chi connectivity index (χ0v) is 13.4. The smallest absolute Gasteiger partial charge is 0.191 e. The Hall–Kier alpha value is -1.42. The molecule has 0 aliphatic carbocycles. The van der Waals surface area contributed by atoms with Crippen LogP contribution in [0.5, 0.6) is 5.75 Å². The first-order chi connectivity index (χ1) is 9.60. The van der Waals surface area contributed by atoms with Crippen molar-refractivity contribution in [1.82, 2.24) is 10.6 Å². The summed E-state index contributed by atoms with van der Waals surface area (Å²) in [7, 11) is 1.77. The summed E-state index contributed by atoms with van der Waals surface area (Å²) in [6, 6.07) is 6.06. The summed E-state index contributed by atoms with van der Waals surface area (Å²) in [5.41, 5.74) is 1.06. The summed E-state index contributed by atoms with van der Waals surface area (Å²) in [4.78, 5) is 4.21. The molecule has 4 nitrogen and oxygen atoms in total. The predicted octanol–water partition coefficient (Wildman–Crippen LogP) is 3.20. The van der Waals surface area contributed by atoms with Gasteiger partial charge in [0.05, 0.1) is 6.61 Å². The van der Waals surface area contributed by atoms with E-state index in [1.54, 1.807) is 7.05 Å². The second-order valence-corrected chi connectivity index (χ2v) is 5.00. The average Bonchev–Trinajstić information content (AvgIpc) is 2.45. The molecule has 1 aromatic rings. The number of guanidine groups is 1. The van der Waals surface area contributed by atoms with Crippen molar-refractivity contribution < 1.29 is 4.74 Å². The second kappa shape index (κ2) is 8.69. The van der Waals surface area contributed by atoms with Crippen LogP contribution in [0.2, 0.25) is 5.02 Å². The van der Waals surface area contributed by atoms with Crippen molar-refractivity contribution in [2.45, 2.75) is 39.8 Å². The quantitative estimate of drug-likeness (QED) is 0.626. The van der Waals surface area contributed by atoms with Gasteiger partial charge in [-0.15, -0.1) is 0 Å². The molecule has 20 heavy (non-hydrogen) atoms. The highest BCUT2D eigenvalue weighted by molar-refractivity contribution is 6.30. The Morgan fingerprint density at radius 3 is 2.75 bits per heavy atom. The van der Waals surface area contributed by atoms with Gasteiger partial charge in [-0.1, -0.05) is 24.6 Å². The number of ether oxygens (including phenoxy) is 1. The summed E-state index contributed by atoms with van der Waals surface area (Å²) in [5.74, 6) is 1.60. The van der Waals surface area contributed by atoms with Crippen LogP contribution in [0.25, 0.3) is 0 Å². The Balaban J connectivity index is 2.68. The number of nitrogens with zero attached hydrogens (tertiary/aromatic N) is 1. The highest BCUT2D eigenvalue weighted by Gasteiger charge is 2.07. The Kier molecular flexibility index (Phi) is 7.23. The van der Waals surface area contributed by atoms with Crippen molar-refractivity contribution in [3.8, 4) is 5.75 Å². The van der Waals surface area contributed by atoms with E-state index in [1.165, 1.54) is 0 Å². The third kappa shape index (κ3) is 5.29. The molecular weight excluding hydrogens is 274 g/mol. The van der Waals surface area contributed by atoms with Crippen LogP contribution in [0.15, 0.2) is 23.2 Å². The molecule has 0 radical (unpaired) electrons. The van der Waals surface area contributed by atoms with Crippen LogP contribution in [-0.2, 0) is 6.54 Å². The van der Waals surface area contributed by atoms with Gasteiger partial charge < -0.3 is 15.4 Å². The molecule has 0 bridgehead atoms. The first kappa shape index (κ1) is 16.6. The molecule has 0 amide bonds. The number of benzene rings is 1. The number of rotatable bonds is 6. The maximum atomic E-state index is 5.99. The summed E-state index contributed by atoms with van der Waals surface area (Å²) in [6.07, 6.45) is 1.05. The Morgan fingerprint density at radius 2 is 2.15 bits per heavy atom. The zero-order valence-electron chi connectivity index (χ0n) is 12.7. The average molecular weight is 298 g/mol. The van der Waals surface area contributed by atoms with E-state index >= 15 is 0 Å². The standard InChI is InChI=1S/C15H24ClN3O/c1-5-11(3)19-15(17-4)18-10-12-7-8-13(16)9-14(12)20-6-2/h7-9,11H,5-6,10H2,1-4H3,(H2,17,18,19). The van der Waals surface area contributed by atoms with Crippen LogP contribution in [0.4, 0.5) is 0 Å². The number of aliphatic imine (C=N–C) groups is 1. The first-order valence-electron chi connectivity index (χ1n) is 6.99. The fourth-order valence-corrected chi connectivity index (χ4v) is 1.84. The van der Waals surface area contributed by atoms with Crippen molar-refractivity contribution in [2.75, 3.05) is 13.7 Å². The van der Waals surface area contributed by atoms with Crippen molar-refractivity contribution >= 4 is 17.6 Å². The Bertz CT molecular complexity index is 449. The Labute approximate surface area is 126 Å². The lowest BCUT2D eigenvalue weighted by Crippen LogP contribution is -2.41. The van der Waals surface area contributed by atoms with E-state index in [2.05, 4.69) is 29.5 Å². The lowest BCUT2D eigenvalue weighted by molar-refractivity contribution is 0.336. The topological polar surface area (TPSA) is 45.6 Å². The highest BCUT2D eigenvalue weighted by Crippen LogP contribution is 2.23. The largest absolute Gasteiger partial charge is 0.493 e. The van der Waals surface area contributed by atoms with Gasteiger partial charge >= 0.3 is 0 Å². The summed E-state index contributed by atoms with van der Waals surface area (Å²) in [5, 5.41) is 7.29. The van der Waals surface area contributed by atoms with Crippen LogP contribution in [0, 0.1) is 0 Å². The molecule has 0 saturated carbocycles. The van der Waals surface area contributed by atoms with E-state index in [0.29, 0.717) is 24.2 Å². The lowest BCUT2D eigenvalue weighted by atomic mass is 10.2. The zero-order chi connectivity index (χ0) is 15.0. The maximum absolute atomic E-state index is 5.99. The number of hydrogen-bond donors (Lipinski definition) is 2. The van der Waals surface area contributed by atoms with Gasteiger partial charge in [0.15, 0.2) is 5.96 Å². The van der Waals surface area contributed by atoms with Gasteiger partial charge in [-0.05, 0) is 32.4 Å². The molecule has 2 N–H and O–H groups in total. The van der Waals surface area contributed by atoms with Crippen LogP contribution >= 0.6 is 11.6 Å². The highest BCUT2D eigenvalue weighted by atomic mass is 35.5. The third-order valence-electron chi connectivity index (χ3n) is 2.99. The van der Waals surface area contributed by atoms with Crippen molar-refractivity contribution in [1.29, 1.82) is 0 Å². The number of nitrogens with one attached hydrogen (secondary N) is 2. The molecule has 1 rings (SSSR count). The number of halogens is 1. The van der Waals surface area contributed by atoms with Crippen LogP contribution in [0.1, 0.15) is 32.8 Å². The SMILES string of the molecule is CCOc1cc(Cl)ccc1CNC(=NC)NC(C)CC. The minimum atomic E-state index is 0.387. The van der Waals surface area contributed by atoms with E-state index in [-0.39, 0.29) is 0 Å². The summed E-state index contributed by atoms with van der Waals surface area (Å²) >= 11 is 5.99. The molecule has 1 atom stereocenters. The maximum Gasteiger partial charge on any atom is 0.191 e. The van der Waals surface area contributed by atoms with Crippen molar-refractivity contribution in [2.24, 2.45) is 4.99 Å². The molecule has 0 aliphatic heterocycles. The minimum Gasteiger partial charge on any atom is -0.493 e. The summed E-state index contributed by atoms with van der Waals surface area (Å²) < 4.78 is 5.60. The van der Waals surface area contributed by atoms with E-state index in [9.17, 15) is 0 Å². The van der Waals surface area contributed by atoms with Crippen LogP contribution in [-0.4, -0.2) is 25.7 Å². The van der Waals surface area contributed by atoms with Gasteiger partial charge in [0.1, 0.15) is 5.75 Å². The monoisotopic (exact) mass is 297 g/mol. The molecule has 0 fully saturated rings. The molecule has 0 aliphatic rings. The molecule has 0 aromatic heterocycles. The molecule has 1 unspecified atom stereocenters. The van der Waals surface area contributed by atoms with Gasteiger partial charge in [-0.25, -0.2) is 0 Å². The minimum absolute atomic E-state index is 0.387. The van der Waals surface area contributed by atoms with Gasteiger partial charge in [0.25, 0.3) is 0 Å². The van der Waals surface area contributed by atoms with E-state index in [0.717, 1.165) is 23.7 Å². The second-order valence-electron chi connectivity index (χ2n) is 4.56. The Morgan fingerprint density at radius 1 is 1.40 bits per heavy atom. The first-order valence-corrected chi connectivity index (χ1v) is 7.36. The van der Waals surface area contributed by atoms with Gasteiger partial charge in [0, 0.05) is 30.2 Å². The van der Waals surface area contributed by atoms with Gasteiger partial charge in [-0.2, -0.15) is 0 Å². The molecule has 1 aromatic carbocycles. The van der Waals surface area contributed by atoms with E-state index < -0.39 is 0 Å². The predicted molar refractivity (Wildman–Crippen MR) is 85.7 cm³/mol. The fourth-order valence-electron chi connectivity index (χ4n) is 1.67. The van der Waals surface area contributed by atoms with Crippen molar-refractivity contribution in [3.05, 3.63) is 28.8 Å². The molecular formula is C15H24ClN3O. The molecule has 0 saturated heterocycles. The van der Waals surface area contributed by atoms with Gasteiger partial charge in [-0.3, -0.25) is 4.99 Å².